The molecular weight excluding hydrogens is 432 g/mol. The van der Waals surface area contributed by atoms with Crippen molar-refractivity contribution < 1.29 is 14.1 Å². The molecule has 172 valence electrons. The molecule has 0 atom stereocenters. The Morgan fingerprint density at radius 3 is 2.91 bits per heavy atom. The van der Waals surface area contributed by atoms with Crippen molar-refractivity contribution >= 4 is 33.4 Å². The van der Waals surface area contributed by atoms with Crippen LogP contribution in [0.3, 0.4) is 0 Å². The van der Waals surface area contributed by atoms with Gasteiger partial charge in [-0.2, -0.15) is 5.10 Å². The number of nitrogens with zero attached hydrogens (tertiary/aromatic N) is 3. The van der Waals surface area contributed by atoms with Crippen LogP contribution in [0.2, 0.25) is 0 Å². The van der Waals surface area contributed by atoms with Gasteiger partial charge in [-0.15, -0.1) is 0 Å². The summed E-state index contributed by atoms with van der Waals surface area (Å²) in [5.74, 6) is 0.345. The van der Waals surface area contributed by atoms with Gasteiger partial charge in [0.2, 0.25) is 0 Å². The number of rotatable bonds is 5. The second kappa shape index (κ2) is 8.44. The minimum Gasteiger partial charge on any atom is -0.379 e. The van der Waals surface area contributed by atoms with Gasteiger partial charge in [-0.05, 0) is 42.3 Å². The van der Waals surface area contributed by atoms with E-state index < -0.39 is 0 Å². The number of carbonyl (C=O) groups excluding carboxylic acids is 1. The summed E-state index contributed by atoms with van der Waals surface area (Å²) in [4.78, 5) is 18.9. The Morgan fingerprint density at radius 2 is 2.03 bits per heavy atom. The van der Waals surface area contributed by atoms with E-state index in [1.807, 2.05) is 37.4 Å². The number of hydrogen-bond acceptors (Lipinski definition) is 6. The third kappa shape index (κ3) is 3.64. The molecule has 9 nitrogen and oxygen atoms in total. The summed E-state index contributed by atoms with van der Waals surface area (Å²) in [6.45, 7) is 5.43. The first-order valence-corrected chi connectivity index (χ1v) is 11.3. The van der Waals surface area contributed by atoms with Crippen LogP contribution < -0.4 is 5.32 Å². The lowest BCUT2D eigenvalue weighted by molar-refractivity contribution is 0.0339. The summed E-state index contributed by atoms with van der Waals surface area (Å²) in [6, 6.07) is 12.2. The highest BCUT2D eigenvalue weighted by Crippen LogP contribution is 2.34. The SMILES string of the molecule is Cc1onc(C(=O)Nc2cc(-c3cccc4[nH]ccc34)cc3[nH]ncc23)c1CN1CCOCC1. The number of nitrogens with one attached hydrogen (secondary N) is 3. The number of ether oxygens (including phenoxy) is 1. The smallest absolute Gasteiger partial charge is 0.278 e. The number of anilines is 1. The van der Waals surface area contributed by atoms with Crippen molar-refractivity contribution in [2.24, 2.45) is 0 Å². The number of fused-ring (bicyclic) bond motifs is 2. The number of aromatic amines is 2. The van der Waals surface area contributed by atoms with Crippen molar-refractivity contribution in [3.05, 3.63) is 65.8 Å². The molecule has 3 aromatic heterocycles. The van der Waals surface area contributed by atoms with Gasteiger partial charge >= 0.3 is 0 Å². The Balaban J connectivity index is 1.35. The summed E-state index contributed by atoms with van der Waals surface area (Å²) < 4.78 is 10.8. The predicted octanol–water partition coefficient (Wildman–Crippen LogP) is 4.09. The largest absolute Gasteiger partial charge is 0.379 e. The molecule has 1 aliphatic heterocycles. The summed E-state index contributed by atoms with van der Waals surface area (Å²) in [6.07, 6.45) is 3.64. The number of aryl methyl sites for hydroxylation is 1. The van der Waals surface area contributed by atoms with Crippen LogP contribution in [0, 0.1) is 6.92 Å². The van der Waals surface area contributed by atoms with E-state index in [2.05, 4.69) is 42.7 Å². The maximum Gasteiger partial charge on any atom is 0.278 e. The molecule has 0 unspecified atom stereocenters. The molecule has 6 rings (SSSR count). The first-order valence-electron chi connectivity index (χ1n) is 11.3. The Kier molecular flexibility index (Phi) is 5.12. The van der Waals surface area contributed by atoms with E-state index in [0.29, 0.717) is 36.9 Å². The third-order valence-corrected chi connectivity index (χ3v) is 6.40. The maximum atomic E-state index is 13.4. The molecule has 2 aromatic carbocycles. The van der Waals surface area contributed by atoms with Gasteiger partial charge < -0.3 is 19.6 Å². The Labute approximate surface area is 195 Å². The molecule has 0 saturated carbocycles. The first kappa shape index (κ1) is 20.6. The van der Waals surface area contributed by atoms with Gasteiger partial charge in [-0.1, -0.05) is 17.3 Å². The van der Waals surface area contributed by atoms with Gasteiger partial charge in [0.05, 0.1) is 30.6 Å². The number of aromatic nitrogens is 4. The molecule has 0 radical (unpaired) electrons. The van der Waals surface area contributed by atoms with Crippen molar-refractivity contribution in [1.29, 1.82) is 0 Å². The van der Waals surface area contributed by atoms with Crippen LogP contribution in [0.15, 0.2) is 53.3 Å². The molecule has 3 N–H and O–H groups in total. The van der Waals surface area contributed by atoms with Gasteiger partial charge in [-0.25, -0.2) is 0 Å². The fourth-order valence-corrected chi connectivity index (χ4v) is 4.57. The first-order chi connectivity index (χ1) is 16.7. The van der Waals surface area contributed by atoms with E-state index in [4.69, 9.17) is 9.26 Å². The van der Waals surface area contributed by atoms with Crippen molar-refractivity contribution in [2.45, 2.75) is 13.5 Å². The summed E-state index contributed by atoms with van der Waals surface area (Å²) in [5.41, 5.74) is 5.70. The van der Waals surface area contributed by atoms with Gasteiger partial charge in [0.1, 0.15) is 5.76 Å². The molecule has 1 fully saturated rings. The van der Waals surface area contributed by atoms with Crippen LogP contribution in [-0.4, -0.2) is 57.4 Å². The fourth-order valence-electron chi connectivity index (χ4n) is 4.57. The fraction of sp³-hybridized carbons (Fsp3) is 0.240. The number of hydrogen-bond donors (Lipinski definition) is 3. The number of amides is 1. The number of benzene rings is 2. The van der Waals surface area contributed by atoms with Crippen molar-refractivity contribution in [2.75, 3.05) is 31.6 Å². The van der Waals surface area contributed by atoms with Crippen molar-refractivity contribution in [3.63, 3.8) is 0 Å². The van der Waals surface area contributed by atoms with Crippen LogP contribution in [0.4, 0.5) is 5.69 Å². The van der Waals surface area contributed by atoms with E-state index in [9.17, 15) is 4.79 Å². The van der Waals surface area contributed by atoms with Gasteiger partial charge in [0, 0.05) is 47.7 Å². The summed E-state index contributed by atoms with van der Waals surface area (Å²) in [5, 5.41) is 16.3. The van der Waals surface area contributed by atoms with Crippen molar-refractivity contribution in [3.8, 4) is 11.1 Å². The van der Waals surface area contributed by atoms with Crippen LogP contribution in [0.5, 0.6) is 0 Å². The average molecular weight is 457 g/mol. The molecule has 34 heavy (non-hydrogen) atoms. The van der Waals surface area contributed by atoms with Crippen molar-refractivity contribution in [1.82, 2.24) is 25.2 Å². The summed E-state index contributed by atoms with van der Waals surface area (Å²) >= 11 is 0. The quantitative estimate of drug-likeness (QED) is 0.367. The molecule has 1 amide bonds. The van der Waals surface area contributed by atoms with E-state index in [1.54, 1.807) is 6.20 Å². The molecule has 1 saturated heterocycles. The number of morpholine rings is 1. The molecule has 5 aromatic rings. The van der Waals surface area contributed by atoms with Crippen LogP contribution >= 0.6 is 0 Å². The molecule has 0 spiro atoms. The monoisotopic (exact) mass is 456 g/mol. The second-order valence-corrected chi connectivity index (χ2v) is 8.51. The zero-order chi connectivity index (χ0) is 23.1. The van der Waals surface area contributed by atoms with E-state index in [-0.39, 0.29) is 5.91 Å². The molecule has 0 aliphatic carbocycles. The Bertz CT molecular complexity index is 1490. The predicted molar refractivity (Wildman–Crippen MR) is 129 cm³/mol. The van der Waals surface area contributed by atoms with E-state index in [1.165, 1.54) is 0 Å². The van der Waals surface area contributed by atoms with Crippen LogP contribution in [0.25, 0.3) is 32.9 Å². The summed E-state index contributed by atoms with van der Waals surface area (Å²) in [7, 11) is 0. The van der Waals surface area contributed by atoms with E-state index >= 15 is 0 Å². The highest BCUT2D eigenvalue weighted by Gasteiger charge is 2.24. The Morgan fingerprint density at radius 1 is 1.15 bits per heavy atom. The lowest BCUT2D eigenvalue weighted by atomic mass is 9.99. The number of H-pyrrole nitrogens is 2. The molecule has 0 bridgehead atoms. The zero-order valence-corrected chi connectivity index (χ0v) is 18.7. The standard InChI is InChI=1S/C25H24N6O3/c1-15-20(14-31-7-9-33-10-8-31)24(30-34-15)25(32)28-22-11-16(12-23-19(22)13-27-29-23)17-3-2-4-21-18(17)5-6-26-21/h2-6,11-13,26H,7-10,14H2,1H3,(H,27,29)(H,28,32). The van der Waals surface area contributed by atoms with Gasteiger partial charge in [0.25, 0.3) is 5.91 Å². The highest BCUT2D eigenvalue weighted by molar-refractivity contribution is 6.10. The minimum atomic E-state index is -0.306. The van der Waals surface area contributed by atoms with Gasteiger partial charge in [-0.3, -0.25) is 14.8 Å². The minimum absolute atomic E-state index is 0.304. The highest BCUT2D eigenvalue weighted by atomic mass is 16.5. The van der Waals surface area contributed by atoms with Crippen LogP contribution in [-0.2, 0) is 11.3 Å². The second-order valence-electron chi connectivity index (χ2n) is 8.51. The normalized spacial score (nSPS) is 14.7. The molecule has 1 aliphatic rings. The van der Waals surface area contributed by atoms with Gasteiger partial charge in [0.15, 0.2) is 5.69 Å². The molecule has 4 heterocycles. The maximum absolute atomic E-state index is 13.4. The zero-order valence-electron chi connectivity index (χ0n) is 18.7. The average Bonchev–Trinajstić information content (AvgIpc) is 3.60. The molecule has 9 heteroatoms. The van der Waals surface area contributed by atoms with E-state index in [0.717, 1.165) is 51.6 Å². The Hall–Kier alpha value is -3.95. The topological polar surface area (TPSA) is 112 Å². The van der Waals surface area contributed by atoms with Crippen LogP contribution in [0.1, 0.15) is 21.8 Å². The molecular formula is C25H24N6O3. The lowest BCUT2D eigenvalue weighted by Crippen LogP contribution is -2.36. The number of carbonyl (C=O) groups is 1. The third-order valence-electron chi connectivity index (χ3n) is 6.40. The lowest BCUT2D eigenvalue weighted by Gasteiger charge is -2.26.